The van der Waals surface area contributed by atoms with E-state index in [4.69, 9.17) is 11.6 Å². The first kappa shape index (κ1) is 14.3. The van der Waals surface area contributed by atoms with Crippen molar-refractivity contribution in [3.8, 4) is 0 Å². The topological polar surface area (TPSA) is 64.1 Å². The summed E-state index contributed by atoms with van der Waals surface area (Å²) in [5.41, 5.74) is 1.95. The lowest BCUT2D eigenvalue weighted by Gasteiger charge is -2.06. The number of halogens is 1. The van der Waals surface area contributed by atoms with E-state index in [1.54, 1.807) is 6.20 Å². The number of aryl methyl sites for hydroxylation is 1. The van der Waals surface area contributed by atoms with E-state index >= 15 is 0 Å². The number of carbonyl (C=O) groups excluding carboxylic acids is 1. The molecule has 2 aromatic rings. The second kappa shape index (κ2) is 6.86. The number of aromatic nitrogens is 2. The Morgan fingerprint density at radius 2 is 2.05 bits per heavy atom. The minimum absolute atomic E-state index is 0.207. The Balaban J connectivity index is 1.96. The zero-order chi connectivity index (χ0) is 14.4. The molecule has 104 valence electrons. The lowest BCUT2D eigenvalue weighted by Crippen LogP contribution is -2.02. The van der Waals surface area contributed by atoms with Gasteiger partial charge in [-0.2, -0.15) is 0 Å². The molecule has 0 spiro atoms. The molecule has 0 aliphatic carbocycles. The molecule has 0 unspecified atom stereocenters. The van der Waals surface area contributed by atoms with E-state index < -0.39 is 0 Å². The third-order valence-electron chi connectivity index (χ3n) is 2.68. The van der Waals surface area contributed by atoms with Gasteiger partial charge in [-0.1, -0.05) is 23.7 Å². The number of hydrogen-bond acceptors (Lipinski definition) is 5. The predicted octanol–water partition coefficient (Wildman–Crippen LogP) is 2.98. The Labute approximate surface area is 122 Å². The van der Waals surface area contributed by atoms with Gasteiger partial charge in [-0.3, -0.25) is 9.78 Å². The van der Waals surface area contributed by atoms with E-state index in [1.165, 1.54) is 13.3 Å². The molecule has 0 aliphatic heterocycles. The van der Waals surface area contributed by atoms with Crippen LogP contribution in [0.1, 0.15) is 12.0 Å². The van der Waals surface area contributed by atoms with E-state index in [9.17, 15) is 4.79 Å². The number of esters is 1. The van der Waals surface area contributed by atoms with Crippen molar-refractivity contribution in [1.82, 2.24) is 9.97 Å². The first-order chi connectivity index (χ1) is 9.67. The smallest absolute Gasteiger partial charge is 0.305 e. The summed E-state index contributed by atoms with van der Waals surface area (Å²) in [6.07, 6.45) is 4.10. The van der Waals surface area contributed by atoms with Gasteiger partial charge >= 0.3 is 5.97 Å². The number of anilines is 2. The number of benzene rings is 1. The average molecular weight is 292 g/mol. The Bertz CT molecular complexity index is 587. The number of nitrogens with zero attached hydrogens (tertiary/aromatic N) is 2. The third-order valence-corrected chi connectivity index (χ3v) is 2.86. The molecule has 1 aromatic heterocycles. The fraction of sp³-hybridized carbons (Fsp3) is 0.214. The van der Waals surface area contributed by atoms with Gasteiger partial charge in [0, 0.05) is 12.1 Å². The van der Waals surface area contributed by atoms with Crippen molar-refractivity contribution in [2.75, 3.05) is 12.4 Å². The maximum absolute atomic E-state index is 11.1. The van der Waals surface area contributed by atoms with E-state index in [1.807, 2.05) is 24.3 Å². The largest absolute Gasteiger partial charge is 0.469 e. The van der Waals surface area contributed by atoms with Gasteiger partial charge in [0.05, 0.1) is 19.5 Å². The van der Waals surface area contributed by atoms with Crippen molar-refractivity contribution in [3.05, 3.63) is 47.4 Å². The van der Waals surface area contributed by atoms with Gasteiger partial charge in [0.15, 0.2) is 5.82 Å². The van der Waals surface area contributed by atoms with Gasteiger partial charge in [-0.25, -0.2) is 4.98 Å². The molecular formula is C14H14ClN3O2. The lowest BCUT2D eigenvalue weighted by molar-refractivity contribution is -0.140. The number of ether oxygens (including phenoxy) is 1. The van der Waals surface area contributed by atoms with Crippen LogP contribution in [0.3, 0.4) is 0 Å². The van der Waals surface area contributed by atoms with Crippen molar-refractivity contribution in [3.63, 3.8) is 0 Å². The van der Waals surface area contributed by atoms with Crippen molar-refractivity contribution in [2.24, 2.45) is 0 Å². The standard InChI is InChI=1S/C14H14ClN3O2/c1-20-14(19)7-4-10-2-5-11(6-3-10)17-13-9-16-8-12(15)18-13/h2-3,5-6,8-9H,4,7H2,1H3,(H,17,18). The normalized spacial score (nSPS) is 10.1. The quantitative estimate of drug-likeness (QED) is 0.858. The molecule has 0 fully saturated rings. The van der Waals surface area contributed by atoms with Crippen LogP contribution in [0.2, 0.25) is 5.15 Å². The molecular weight excluding hydrogens is 278 g/mol. The molecule has 5 nitrogen and oxygen atoms in total. The predicted molar refractivity (Wildman–Crippen MR) is 77.1 cm³/mol. The van der Waals surface area contributed by atoms with Crippen LogP contribution < -0.4 is 5.32 Å². The number of nitrogens with one attached hydrogen (secondary N) is 1. The van der Waals surface area contributed by atoms with Crippen LogP contribution >= 0.6 is 11.6 Å². The van der Waals surface area contributed by atoms with Crippen LogP contribution in [0.25, 0.3) is 0 Å². The van der Waals surface area contributed by atoms with Crippen molar-refractivity contribution >= 4 is 29.1 Å². The van der Waals surface area contributed by atoms with Gasteiger partial charge in [-0.15, -0.1) is 0 Å². The second-order valence-electron chi connectivity index (χ2n) is 4.13. The number of carbonyl (C=O) groups is 1. The van der Waals surface area contributed by atoms with Gasteiger partial charge in [0.2, 0.25) is 0 Å². The Hall–Kier alpha value is -2.14. The van der Waals surface area contributed by atoms with Gasteiger partial charge in [0.1, 0.15) is 5.15 Å². The van der Waals surface area contributed by atoms with Crippen LogP contribution in [0.15, 0.2) is 36.7 Å². The fourth-order valence-corrected chi connectivity index (χ4v) is 1.80. The summed E-state index contributed by atoms with van der Waals surface area (Å²) in [7, 11) is 1.39. The van der Waals surface area contributed by atoms with E-state index in [-0.39, 0.29) is 5.97 Å². The maximum atomic E-state index is 11.1. The summed E-state index contributed by atoms with van der Waals surface area (Å²) >= 11 is 5.76. The molecule has 0 saturated heterocycles. The molecule has 1 heterocycles. The second-order valence-corrected chi connectivity index (χ2v) is 4.51. The van der Waals surface area contributed by atoms with Crippen molar-refractivity contribution in [2.45, 2.75) is 12.8 Å². The minimum Gasteiger partial charge on any atom is -0.469 e. The minimum atomic E-state index is -0.207. The summed E-state index contributed by atoms with van der Waals surface area (Å²) in [5.74, 6) is 0.376. The fourth-order valence-electron chi connectivity index (χ4n) is 1.65. The van der Waals surface area contributed by atoms with Crippen molar-refractivity contribution < 1.29 is 9.53 Å². The lowest BCUT2D eigenvalue weighted by atomic mass is 10.1. The molecule has 0 aliphatic rings. The first-order valence-corrected chi connectivity index (χ1v) is 6.45. The number of rotatable bonds is 5. The molecule has 6 heteroatoms. The zero-order valence-electron chi connectivity index (χ0n) is 11.0. The third kappa shape index (κ3) is 4.20. The molecule has 1 N–H and O–H groups in total. The van der Waals surface area contributed by atoms with E-state index in [0.717, 1.165) is 11.3 Å². The van der Waals surface area contributed by atoms with Crippen molar-refractivity contribution in [1.29, 1.82) is 0 Å². The van der Waals surface area contributed by atoms with Crippen LogP contribution in [0.5, 0.6) is 0 Å². The molecule has 0 amide bonds. The molecule has 2 rings (SSSR count). The van der Waals surface area contributed by atoms with E-state index in [2.05, 4.69) is 20.0 Å². The molecule has 0 saturated carbocycles. The van der Waals surface area contributed by atoms with Gasteiger partial charge in [0.25, 0.3) is 0 Å². The first-order valence-electron chi connectivity index (χ1n) is 6.07. The summed E-state index contributed by atoms with van der Waals surface area (Å²) in [6, 6.07) is 7.72. The highest BCUT2D eigenvalue weighted by Gasteiger charge is 2.02. The Morgan fingerprint density at radius 3 is 2.70 bits per heavy atom. The average Bonchev–Trinajstić information content (AvgIpc) is 2.46. The van der Waals surface area contributed by atoms with Gasteiger partial charge in [-0.05, 0) is 24.1 Å². The van der Waals surface area contributed by atoms with Crippen LogP contribution in [0, 0.1) is 0 Å². The Kier molecular flexibility index (Phi) is 4.90. The highest BCUT2D eigenvalue weighted by molar-refractivity contribution is 6.29. The molecule has 20 heavy (non-hydrogen) atoms. The number of hydrogen-bond donors (Lipinski definition) is 1. The monoisotopic (exact) mass is 291 g/mol. The van der Waals surface area contributed by atoms with Crippen LogP contribution in [0.4, 0.5) is 11.5 Å². The maximum Gasteiger partial charge on any atom is 0.305 e. The molecule has 1 aromatic carbocycles. The van der Waals surface area contributed by atoms with E-state index in [0.29, 0.717) is 23.8 Å². The highest BCUT2D eigenvalue weighted by atomic mass is 35.5. The summed E-state index contributed by atoms with van der Waals surface area (Å²) < 4.78 is 4.61. The summed E-state index contributed by atoms with van der Waals surface area (Å²) in [6.45, 7) is 0. The number of methoxy groups -OCH3 is 1. The summed E-state index contributed by atoms with van der Waals surface area (Å²) in [4.78, 5) is 19.1. The van der Waals surface area contributed by atoms with Crippen LogP contribution in [-0.2, 0) is 16.0 Å². The SMILES string of the molecule is COC(=O)CCc1ccc(Nc2cncc(Cl)n2)cc1. The summed E-state index contributed by atoms with van der Waals surface area (Å²) in [5, 5.41) is 3.44. The highest BCUT2D eigenvalue weighted by Crippen LogP contribution is 2.16. The van der Waals surface area contributed by atoms with Crippen LogP contribution in [-0.4, -0.2) is 23.0 Å². The molecule has 0 atom stereocenters. The molecule has 0 bridgehead atoms. The van der Waals surface area contributed by atoms with Gasteiger partial charge < -0.3 is 10.1 Å². The molecule has 0 radical (unpaired) electrons. The Morgan fingerprint density at radius 1 is 1.30 bits per heavy atom. The zero-order valence-corrected chi connectivity index (χ0v) is 11.7.